The van der Waals surface area contributed by atoms with E-state index in [2.05, 4.69) is 26.1 Å². The van der Waals surface area contributed by atoms with Crippen LogP contribution in [-0.2, 0) is 10.2 Å². The molecule has 1 amide bonds. The minimum atomic E-state index is -0.298. The summed E-state index contributed by atoms with van der Waals surface area (Å²) in [6, 6.07) is 22.4. The highest BCUT2D eigenvalue weighted by Crippen LogP contribution is 2.27. The number of benzene rings is 3. The van der Waals surface area contributed by atoms with Crippen LogP contribution in [-0.4, -0.2) is 24.1 Å². The van der Waals surface area contributed by atoms with Crippen LogP contribution in [0.2, 0.25) is 0 Å². The van der Waals surface area contributed by atoms with E-state index in [-0.39, 0.29) is 22.4 Å². The summed E-state index contributed by atoms with van der Waals surface area (Å²) in [5.74, 6) is 0.591. The molecule has 5 heteroatoms. The van der Waals surface area contributed by atoms with Crippen molar-refractivity contribution in [3.05, 3.63) is 89.5 Å². The SMILES string of the molecule is COc1ccc(SC(C)C(=O)Nc2cccc(C(=O)c3ccc(C(C)(C)C)cc3)c2)cc1. The number of amides is 1. The van der Waals surface area contributed by atoms with Gasteiger partial charge in [0.15, 0.2) is 5.78 Å². The Kier molecular flexibility index (Phi) is 7.41. The fourth-order valence-electron chi connectivity index (χ4n) is 3.18. The summed E-state index contributed by atoms with van der Waals surface area (Å²) in [7, 11) is 1.62. The molecular formula is C27H29NO3S. The van der Waals surface area contributed by atoms with Gasteiger partial charge in [-0.1, -0.05) is 57.2 Å². The molecule has 0 heterocycles. The summed E-state index contributed by atoms with van der Waals surface area (Å²) in [4.78, 5) is 26.6. The van der Waals surface area contributed by atoms with E-state index in [4.69, 9.17) is 4.74 Å². The third-order valence-electron chi connectivity index (χ3n) is 5.15. The van der Waals surface area contributed by atoms with Crippen LogP contribution in [0.4, 0.5) is 5.69 Å². The molecule has 0 bridgehead atoms. The predicted octanol–water partition coefficient (Wildman–Crippen LogP) is 6.34. The van der Waals surface area contributed by atoms with Crippen molar-refractivity contribution in [1.29, 1.82) is 0 Å². The second-order valence-electron chi connectivity index (χ2n) is 8.66. The van der Waals surface area contributed by atoms with Crippen molar-refractivity contribution in [2.75, 3.05) is 12.4 Å². The average molecular weight is 448 g/mol. The van der Waals surface area contributed by atoms with Crippen LogP contribution >= 0.6 is 11.8 Å². The molecule has 0 fully saturated rings. The van der Waals surface area contributed by atoms with Crippen LogP contribution in [0.5, 0.6) is 5.75 Å². The summed E-state index contributed by atoms with van der Waals surface area (Å²) in [5, 5.41) is 2.63. The quantitative estimate of drug-likeness (QED) is 0.339. The lowest BCUT2D eigenvalue weighted by Gasteiger charge is -2.19. The van der Waals surface area contributed by atoms with Gasteiger partial charge in [-0.2, -0.15) is 0 Å². The van der Waals surface area contributed by atoms with Crippen molar-refractivity contribution in [3.8, 4) is 5.75 Å². The molecule has 0 spiro atoms. The minimum Gasteiger partial charge on any atom is -0.497 e. The Labute approximate surface area is 194 Å². The maximum absolute atomic E-state index is 12.9. The summed E-state index contributed by atoms with van der Waals surface area (Å²) in [6.45, 7) is 8.29. The van der Waals surface area contributed by atoms with Gasteiger partial charge in [-0.15, -0.1) is 11.8 Å². The molecule has 4 nitrogen and oxygen atoms in total. The predicted molar refractivity (Wildman–Crippen MR) is 132 cm³/mol. The van der Waals surface area contributed by atoms with Crippen LogP contribution < -0.4 is 10.1 Å². The van der Waals surface area contributed by atoms with Gasteiger partial charge in [0, 0.05) is 21.7 Å². The zero-order chi connectivity index (χ0) is 23.3. The van der Waals surface area contributed by atoms with E-state index in [9.17, 15) is 9.59 Å². The Morgan fingerprint density at radius 3 is 2.16 bits per heavy atom. The van der Waals surface area contributed by atoms with Crippen molar-refractivity contribution in [2.45, 2.75) is 43.3 Å². The highest BCUT2D eigenvalue weighted by molar-refractivity contribution is 8.00. The van der Waals surface area contributed by atoms with Crippen LogP contribution in [0.25, 0.3) is 0 Å². The normalized spacial score (nSPS) is 12.2. The Morgan fingerprint density at radius 1 is 0.906 bits per heavy atom. The highest BCUT2D eigenvalue weighted by atomic mass is 32.2. The Hall–Kier alpha value is -3.05. The van der Waals surface area contributed by atoms with E-state index in [1.54, 1.807) is 31.4 Å². The second-order valence-corrected chi connectivity index (χ2v) is 10.1. The van der Waals surface area contributed by atoms with Gasteiger partial charge in [-0.3, -0.25) is 9.59 Å². The van der Waals surface area contributed by atoms with Gasteiger partial charge in [0.25, 0.3) is 0 Å². The molecule has 0 saturated carbocycles. The number of ether oxygens (including phenoxy) is 1. The molecule has 32 heavy (non-hydrogen) atoms. The van der Waals surface area contributed by atoms with Crippen LogP contribution in [0, 0.1) is 0 Å². The van der Waals surface area contributed by atoms with Crippen LogP contribution in [0.15, 0.2) is 77.7 Å². The monoisotopic (exact) mass is 447 g/mol. The van der Waals surface area contributed by atoms with Gasteiger partial charge >= 0.3 is 0 Å². The first-order valence-corrected chi connectivity index (χ1v) is 11.4. The number of carbonyl (C=O) groups is 2. The first-order valence-electron chi connectivity index (χ1n) is 10.5. The molecule has 0 radical (unpaired) electrons. The molecule has 0 saturated heterocycles. The van der Waals surface area contributed by atoms with Gasteiger partial charge < -0.3 is 10.1 Å². The molecule has 0 aliphatic carbocycles. The zero-order valence-corrected chi connectivity index (χ0v) is 20.0. The second kappa shape index (κ2) is 10.0. The number of hydrogen-bond acceptors (Lipinski definition) is 4. The molecule has 0 aliphatic heterocycles. The van der Waals surface area contributed by atoms with E-state index in [1.807, 2.05) is 55.5 Å². The van der Waals surface area contributed by atoms with E-state index in [0.29, 0.717) is 16.8 Å². The number of rotatable bonds is 7. The molecule has 1 atom stereocenters. The molecule has 0 aromatic heterocycles. The Morgan fingerprint density at radius 2 is 1.56 bits per heavy atom. The van der Waals surface area contributed by atoms with Crippen molar-refractivity contribution >= 4 is 29.1 Å². The maximum Gasteiger partial charge on any atom is 0.237 e. The molecule has 3 rings (SSSR count). The minimum absolute atomic E-state index is 0.0340. The topological polar surface area (TPSA) is 55.4 Å². The summed E-state index contributed by atoms with van der Waals surface area (Å²) >= 11 is 1.47. The smallest absolute Gasteiger partial charge is 0.237 e. The number of methoxy groups -OCH3 is 1. The molecule has 0 aliphatic rings. The van der Waals surface area contributed by atoms with Crippen molar-refractivity contribution < 1.29 is 14.3 Å². The number of thioether (sulfide) groups is 1. The number of nitrogens with one attached hydrogen (secondary N) is 1. The third kappa shape index (κ3) is 6.01. The zero-order valence-electron chi connectivity index (χ0n) is 19.1. The number of anilines is 1. The molecule has 3 aromatic rings. The van der Waals surface area contributed by atoms with Crippen molar-refractivity contribution in [1.82, 2.24) is 0 Å². The first-order chi connectivity index (χ1) is 15.2. The number of ketones is 1. The molecule has 3 aromatic carbocycles. The lowest BCUT2D eigenvalue weighted by Crippen LogP contribution is -2.22. The molecule has 1 unspecified atom stereocenters. The maximum atomic E-state index is 12.9. The number of hydrogen-bond donors (Lipinski definition) is 1. The van der Waals surface area contributed by atoms with Crippen molar-refractivity contribution in [2.24, 2.45) is 0 Å². The lowest BCUT2D eigenvalue weighted by molar-refractivity contribution is -0.115. The largest absolute Gasteiger partial charge is 0.497 e. The average Bonchev–Trinajstić information content (AvgIpc) is 2.78. The lowest BCUT2D eigenvalue weighted by atomic mass is 9.86. The summed E-state index contributed by atoms with van der Waals surface area (Å²) in [5.41, 5.74) is 2.99. The molecular weight excluding hydrogens is 418 g/mol. The van der Waals surface area contributed by atoms with E-state index in [0.717, 1.165) is 10.6 Å². The van der Waals surface area contributed by atoms with Crippen LogP contribution in [0.1, 0.15) is 49.2 Å². The molecule has 166 valence electrons. The molecule has 1 N–H and O–H groups in total. The Bertz CT molecular complexity index is 1080. The van der Waals surface area contributed by atoms with Crippen LogP contribution in [0.3, 0.4) is 0 Å². The van der Waals surface area contributed by atoms with E-state index in [1.165, 1.54) is 17.3 Å². The summed E-state index contributed by atoms with van der Waals surface area (Å²) < 4.78 is 5.17. The third-order valence-corrected chi connectivity index (χ3v) is 6.26. The van der Waals surface area contributed by atoms with E-state index < -0.39 is 0 Å². The van der Waals surface area contributed by atoms with Gasteiger partial charge in [0.05, 0.1) is 12.4 Å². The number of carbonyl (C=O) groups excluding carboxylic acids is 2. The van der Waals surface area contributed by atoms with Gasteiger partial charge in [-0.25, -0.2) is 0 Å². The fraction of sp³-hybridized carbons (Fsp3) is 0.259. The Balaban J connectivity index is 1.67. The standard InChI is InChI=1S/C27H29NO3S/c1-18(32-24-15-13-23(31-5)14-16-24)26(30)28-22-8-6-7-20(17-22)25(29)19-9-11-21(12-10-19)27(2,3)4/h6-18H,1-5H3,(H,28,30). The van der Waals surface area contributed by atoms with Gasteiger partial charge in [0.1, 0.15) is 5.75 Å². The van der Waals surface area contributed by atoms with Gasteiger partial charge in [0.2, 0.25) is 5.91 Å². The van der Waals surface area contributed by atoms with Crippen molar-refractivity contribution in [3.63, 3.8) is 0 Å². The van der Waals surface area contributed by atoms with E-state index >= 15 is 0 Å². The highest BCUT2D eigenvalue weighted by Gasteiger charge is 2.17. The first kappa shape index (κ1) is 23.6. The van der Waals surface area contributed by atoms with Gasteiger partial charge in [-0.05, 0) is 54.3 Å². The summed E-state index contributed by atoms with van der Waals surface area (Å²) in [6.07, 6.45) is 0. The fourth-order valence-corrected chi connectivity index (χ4v) is 4.05.